The first-order chi connectivity index (χ1) is 11.3. The van der Waals surface area contributed by atoms with Crippen molar-refractivity contribution in [2.75, 3.05) is 13.2 Å². The highest BCUT2D eigenvalue weighted by molar-refractivity contribution is 5.77. The molecule has 1 saturated carbocycles. The molecule has 1 fully saturated rings. The molecule has 0 radical (unpaired) electrons. The van der Waals surface area contributed by atoms with Crippen LogP contribution < -0.4 is 5.32 Å². The monoisotopic (exact) mass is 313 g/mol. The third-order valence-electron chi connectivity index (χ3n) is 4.34. The highest BCUT2D eigenvalue weighted by Crippen LogP contribution is 2.29. The lowest BCUT2D eigenvalue weighted by molar-refractivity contribution is -0.126. The summed E-state index contributed by atoms with van der Waals surface area (Å²) in [5, 5.41) is 3.10. The van der Waals surface area contributed by atoms with Crippen molar-refractivity contribution in [2.45, 2.75) is 37.8 Å². The second-order valence-corrected chi connectivity index (χ2v) is 5.97. The molecule has 0 aliphatic heterocycles. The van der Waals surface area contributed by atoms with E-state index < -0.39 is 0 Å². The Morgan fingerprint density at radius 1 is 1.30 bits per heavy atom. The van der Waals surface area contributed by atoms with Gasteiger partial charge in [-0.2, -0.15) is 0 Å². The molecule has 1 heterocycles. The summed E-state index contributed by atoms with van der Waals surface area (Å²) < 4.78 is 7.60. The van der Waals surface area contributed by atoms with Crippen molar-refractivity contribution >= 4 is 5.91 Å². The molecule has 2 aromatic rings. The first kappa shape index (κ1) is 15.7. The number of nitrogens with zero attached hydrogens (tertiary/aromatic N) is 2. The zero-order valence-electron chi connectivity index (χ0n) is 13.2. The van der Waals surface area contributed by atoms with Gasteiger partial charge < -0.3 is 14.6 Å². The molecular weight excluding hydrogens is 290 g/mol. The second kappa shape index (κ2) is 7.92. The van der Waals surface area contributed by atoms with Gasteiger partial charge in [0.15, 0.2) is 0 Å². The number of hydrogen-bond donors (Lipinski definition) is 1. The van der Waals surface area contributed by atoms with Crippen LogP contribution in [0.2, 0.25) is 0 Å². The molecule has 3 rings (SSSR count). The molecule has 122 valence electrons. The largest absolute Gasteiger partial charge is 0.371 e. The number of imidazole rings is 1. The van der Waals surface area contributed by atoms with Gasteiger partial charge in [0.25, 0.3) is 0 Å². The maximum absolute atomic E-state index is 12.1. The van der Waals surface area contributed by atoms with Crippen LogP contribution in [-0.4, -0.2) is 34.7 Å². The van der Waals surface area contributed by atoms with Gasteiger partial charge in [0.05, 0.1) is 19.0 Å². The highest BCUT2D eigenvalue weighted by atomic mass is 16.5. The average molecular weight is 313 g/mol. The molecule has 1 amide bonds. The maximum Gasteiger partial charge on any atom is 0.246 e. The van der Waals surface area contributed by atoms with Gasteiger partial charge in [0.1, 0.15) is 6.61 Å². The van der Waals surface area contributed by atoms with Crippen LogP contribution in [0, 0.1) is 0 Å². The molecule has 1 N–H and O–H groups in total. The van der Waals surface area contributed by atoms with Crippen molar-refractivity contribution < 1.29 is 9.53 Å². The molecule has 0 unspecified atom stereocenters. The first-order valence-corrected chi connectivity index (χ1v) is 8.21. The van der Waals surface area contributed by atoms with Crippen LogP contribution in [0.1, 0.15) is 30.9 Å². The predicted octanol–water partition coefficient (Wildman–Crippen LogP) is 2.35. The second-order valence-electron chi connectivity index (χ2n) is 5.97. The van der Waals surface area contributed by atoms with Gasteiger partial charge in [-0.25, -0.2) is 4.98 Å². The number of carbonyl (C=O) groups excluding carboxylic acids is 1. The Hall–Kier alpha value is -2.14. The standard InChI is InChI=1S/C18H23N3O2/c22-18(13-23-12-9-15-5-2-1-3-6-15)20-16-7-4-8-17(16)21-11-10-19-14-21/h1-3,5-6,10-11,14,16-17H,4,7-9,12-13H2,(H,20,22)/t16-,17-/m1/s1. The van der Waals surface area contributed by atoms with Crippen LogP contribution in [0.4, 0.5) is 0 Å². The van der Waals surface area contributed by atoms with E-state index in [2.05, 4.69) is 27.0 Å². The van der Waals surface area contributed by atoms with E-state index in [1.54, 1.807) is 6.20 Å². The number of ether oxygens (including phenoxy) is 1. The van der Waals surface area contributed by atoms with Gasteiger partial charge >= 0.3 is 0 Å². The SMILES string of the molecule is O=C(COCCc1ccccc1)N[C@@H]1CCC[C@H]1n1ccnc1. The van der Waals surface area contributed by atoms with E-state index in [0.717, 1.165) is 25.7 Å². The molecule has 1 aliphatic carbocycles. The van der Waals surface area contributed by atoms with Crippen molar-refractivity contribution in [3.05, 3.63) is 54.6 Å². The number of rotatable bonds is 7. The summed E-state index contributed by atoms with van der Waals surface area (Å²) in [6.07, 6.45) is 9.62. The zero-order valence-corrected chi connectivity index (χ0v) is 13.2. The van der Waals surface area contributed by atoms with Crippen molar-refractivity contribution in [2.24, 2.45) is 0 Å². The van der Waals surface area contributed by atoms with Crippen LogP contribution in [0.3, 0.4) is 0 Å². The topological polar surface area (TPSA) is 56.1 Å². The average Bonchev–Trinajstić information content (AvgIpc) is 3.23. The molecule has 2 atom stereocenters. The van der Waals surface area contributed by atoms with Crippen molar-refractivity contribution in [3.8, 4) is 0 Å². The zero-order chi connectivity index (χ0) is 15.9. The summed E-state index contributed by atoms with van der Waals surface area (Å²) in [6.45, 7) is 0.688. The molecular formula is C18H23N3O2. The van der Waals surface area contributed by atoms with Crippen molar-refractivity contribution in [3.63, 3.8) is 0 Å². The number of benzene rings is 1. The minimum atomic E-state index is -0.0323. The summed E-state index contributed by atoms with van der Waals surface area (Å²) in [6, 6.07) is 10.6. The molecule has 0 saturated heterocycles. The summed E-state index contributed by atoms with van der Waals surface area (Å²) in [4.78, 5) is 16.2. The van der Waals surface area contributed by atoms with Gasteiger partial charge in [-0.05, 0) is 31.2 Å². The third-order valence-corrected chi connectivity index (χ3v) is 4.34. The van der Waals surface area contributed by atoms with Crippen LogP contribution >= 0.6 is 0 Å². The van der Waals surface area contributed by atoms with Gasteiger partial charge in [0.2, 0.25) is 5.91 Å². The molecule has 23 heavy (non-hydrogen) atoms. The Labute approximate surface area is 136 Å². The molecule has 5 heteroatoms. The maximum atomic E-state index is 12.1. The Bertz CT molecular complexity index is 598. The first-order valence-electron chi connectivity index (χ1n) is 8.21. The summed E-state index contributed by atoms with van der Waals surface area (Å²) in [5.41, 5.74) is 1.23. The Kier molecular flexibility index (Phi) is 5.42. The minimum Gasteiger partial charge on any atom is -0.371 e. The van der Waals surface area contributed by atoms with Crippen LogP contribution in [-0.2, 0) is 16.0 Å². The lowest BCUT2D eigenvalue weighted by atomic mass is 10.1. The van der Waals surface area contributed by atoms with Gasteiger partial charge in [-0.15, -0.1) is 0 Å². The Morgan fingerprint density at radius 2 is 2.17 bits per heavy atom. The quantitative estimate of drug-likeness (QED) is 0.798. The van der Waals surface area contributed by atoms with Crippen LogP contribution in [0.25, 0.3) is 0 Å². The fraction of sp³-hybridized carbons (Fsp3) is 0.444. The lowest BCUT2D eigenvalue weighted by Crippen LogP contribution is -2.40. The lowest BCUT2D eigenvalue weighted by Gasteiger charge is -2.22. The summed E-state index contributed by atoms with van der Waals surface area (Å²) in [7, 11) is 0. The number of hydrogen-bond acceptors (Lipinski definition) is 3. The smallest absolute Gasteiger partial charge is 0.246 e. The summed E-state index contributed by atoms with van der Waals surface area (Å²) in [5.74, 6) is -0.0323. The fourth-order valence-corrected chi connectivity index (χ4v) is 3.18. The van der Waals surface area contributed by atoms with Crippen molar-refractivity contribution in [1.82, 2.24) is 14.9 Å². The van der Waals surface area contributed by atoms with E-state index >= 15 is 0 Å². The number of nitrogens with one attached hydrogen (secondary N) is 1. The normalized spacial score (nSPS) is 20.5. The molecule has 1 aromatic carbocycles. The van der Waals surface area contributed by atoms with Crippen LogP contribution in [0.15, 0.2) is 49.1 Å². The molecule has 0 bridgehead atoms. The van der Waals surface area contributed by atoms with E-state index in [0.29, 0.717) is 12.6 Å². The minimum absolute atomic E-state index is 0.0323. The Morgan fingerprint density at radius 3 is 2.96 bits per heavy atom. The van der Waals surface area contributed by atoms with Crippen molar-refractivity contribution in [1.29, 1.82) is 0 Å². The highest BCUT2D eigenvalue weighted by Gasteiger charge is 2.29. The molecule has 0 spiro atoms. The number of aromatic nitrogens is 2. The summed E-state index contributed by atoms with van der Waals surface area (Å²) >= 11 is 0. The molecule has 1 aliphatic rings. The van der Waals surface area contributed by atoms with Crippen LogP contribution in [0.5, 0.6) is 0 Å². The van der Waals surface area contributed by atoms with E-state index in [4.69, 9.17) is 4.74 Å². The van der Waals surface area contributed by atoms with Gasteiger partial charge in [-0.3, -0.25) is 4.79 Å². The van der Waals surface area contributed by atoms with E-state index in [9.17, 15) is 4.79 Å². The Balaban J connectivity index is 1.39. The van der Waals surface area contributed by atoms with Gasteiger partial charge in [-0.1, -0.05) is 30.3 Å². The predicted molar refractivity (Wildman–Crippen MR) is 88.0 cm³/mol. The fourth-order valence-electron chi connectivity index (χ4n) is 3.18. The van der Waals surface area contributed by atoms with E-state index in [1.165, 1.54) is 5.56 Å². The van der Waals surface area contributed by atoms with Gasteiger partial charge in [0, 0.05) is 18.4 Å². The number of carbonyl (C=O) groups is 1. The number of amides is 1. The molecule has 1 aromatic heterocycles. The van der Waals surface area contributed by atoms with E-state index in [1.807, 2.05) is 30.7 Å². The molecule has 5 nitrogen and oxygen atoms in total. The van der Waals surface area contributed by atoms with E-state index in [-0.39, 0.29) is 18.6 Å². The third kappa shape index (κ3) is 4.42.